The molecule has 2 heterocycles. The smallest absolute Gasteiger partial charge is 0.249 e. The van der Waals surface area contributed by atoms with Crippen LogP contribution in [0.2, 0.25) is 5.02 Å². The Morgan fingerprint density at radius 3 is 2.75 bits per heavy atom. The molecular weight excluding hydrogens is 414 g/mol. The average Bonchev–Trinajstić information content (AvgIpc) is 3.34. The lowest BCUT2D eigenvalue weighted by Crippen LogP contribution is -1.94. The minimum absolute atomic E-state index is 0.413. The number of rotatable bonds is 6. The van der Waals surface area contributed by atoms with Gasteiger partial charge < -0.3 is 9.73 Å². The highest BCUT2D eigenvalue weighted by atomic mass is 35.5. The molecule has 2 aromatic carbocycles. The van der Waals surface area contributed by atoms with Crippen LogP contribution in [0.5, 0.6) is 0 Å². The van der Waals surface area contributed by atoms with E-state index in [4.69, 9.17) is 16.0 Å². The SMILES string of the molecule is Cc1cccc(Nc2nnc(SCc3nnc(-c4ccccc4Cl)o3)s2)c1C. The number of hydrogen-bond acceptors (Lipinski definition) is 8. The largest absolute Gasteiger partial charge is 0.420 e. The molecule has 0 radical (unpaired) electrons. The van der Waals surface area contributed by atoms with Gasteiger partial charge in [-0.2, -0.15) is 0 Å². The molecule has 0 atom stereocenters. The van der Waals surface area contributed by atoms with E-state index in [1.165, 1.54) is 34.2 Å². The molecule has 6 nitrogen and oxygen atoms in total. The van der Waals surface area contributed by atoms with Gasteiger partial charge in [-0.15, -0.1) is 20.4 Å². The van der Waals surface area contributed by atoms with Crippen LogP contribution < -0.4 is 5.32 Å². The Morgan fingerprint density at radius 1 is 1.04 bits per heavy atom. The van der Waals surface area contributed by atoms with Crippen LogP contribution >= 0.6 is 34.7 Å². The zero-order chi connectivity index (χ0) is 19.5. The first-order valence-corrected chi connectivity index (χ1v) is 10.6. The van der Waals surface area contributed by atoms with Gasteiger partial charge in [0.05, 0.1) is 16.3 Å². The Bertz CT molecular complexity index is 1110. The minimum Gasteiger partial charge on any atom is -0.420 e. The summed E-state index contributed by atoms with van der Waals surface area (Å²) in [7, 11) is 0. The molecule has 1 N–H and O–H groups in total. The molecule has 0 aliphatic carbocycles. The summed E-state index contributed by atoms with van der Waals surface area (Å²) in [6.45, 7) is 4.17. The second-order valence-corrected chi connectivity index (χ2v) is 8.62. The molecule has 142 valence electrons. The summed E-state index contributed by atoms with van der Waals surface area (Å²) in [5.41, 5.74) is 4.19. The Labute approximate surface area is 175 Å². The highest BCUT2D eigenvalue weighted by molar-refractivity contribution is 8.00. The molecule has 2 aromatic heterocycles. The zero-order valence-corrected chi connectivity index (χ0v) is 17.5. The standard InChI is InChI=1S/C19H16ClN5OS2/c1-11-6-5-9-15(12(11)2)21-18-24-25-19(28-18)27-10-16-22-23-17(26-16)13-7-3-4-8-14(13)20/h3-9H,10H2,1-2H3,(H,21,24). The Balaban J connectivity index is 1.40. The minimum atomic E-state index is 0.413. The number of halogens is 1. The van der Waals surface area contributed by atoms with Crippen LogP contribution in [-0.2, 0) is 5.75 Å². The number of nitrogens with one attached hydrogen (secondary N) is 1. The van der Waals surface area contributed by atoms with E-state index in [9.17, 15) is 0 Å². The Hall–Kier alpha value is -2.42. The van der Waals surface area contributed by atoms with Crippen molar-refractivity contribution in [1.82, 2.24) is 20.4 Å². The number of thioether (sulfide) groups is 1. The van der Waals surface area contributed by atoms with E-state index in [0.717, 1.165) is 20.7 Å². The van der Waals surface area contributed by atoms with Crippen molar-refractivity contribution in [3.8, 4) is 11.5 Å². The molecule has 0 bridgehead atoms. The van der Waals surface area contributed by atoms with Crippen molar-refractivity contribution in [2.75, 3.05) is 5.32 Å². The maximum absolute atomic E-state index is 6.17. The van der Waals surface area contributed by atoms with Gasteiger partial charge in [0.25, 0.3) is 0 Å². The fourth-order valence-corrected chi connectivity index (χ4v) is 4.32. The van der Waals surface area contributed by atoms with E-state index in [1.54, 1.807) is 6.07 Å². The predicted molar refractivity (Wildman–Crippen MR) is 113 cm³/mol. The van der Waals surface area contributed by atoms with Crippen molar-refractivity contribution < 1.29 is 4.42 Å². The second-order valence-electron chi connectivity index (χ2n) is 6.02. The van der Waals surface area contributed by atoms with Crippen molar-refractivity contribution in [2.24, 2.45) is 0 Å². The van der Waals surface area contributed by atoms with E-state index >= 15 is 0 Å². The highest BCUT2D eigenvalue weighted by Gasteiger charge is 2.13. The summed E-state index contributed by atoms with van der Waals surface area (Å²) < 4.78 is 6.54. The number of aryl methyl sites for hydroxylation is 1. The summed E-state index contributed by atoms with van der Waals surface area (Å²) in [5, 5.41) is 21.3. The van der Waals surface area contributed by atoms with Gasteiger partial charge >= 0.3 is 0 Å². The third-order valence-corrected chi connectivity index (χ3v) is 6.43. The van der Waals surface area contributed by atoms with Gasteiger partial charge in [-0.1, -0.05) is 59.0 Å². The van der Waals surface area contributed by atoms with Gasteiger partial charge in [0.2, 0.25) is 16.9 Å². The first-order chi connectivity index (χ1) is 13.6. The van der Waals surface area contributed by atoms with Crippen molar-refractivity contribution in [1.29, 1.82) is 0 Å². The average molecular weight is 430 g/mol. The van der Waals surface area contributed by atoms with Crippen LogP contribution in [-0.4, -0.2) is 20.4 Å². The van der Waals surface area contributed by atoms with Crippen LogP contribution in [0.1, 0.15) is 17.0 Å². The topological polar surface area (TPSA) is 76.7 Å². The van der Waals surface area contributed by atoms with Crippen LogP contribution in [0.3, 0.4) is 0 Å². The number of hydrogen-bond donors (Lipinski definition) is 1. The molecule has 0 saturated heterocycles. The number of aromatic nitrogens is 4. The lowest BCUT2D eigenvalue weighted by molar-refractivity contribution is 0.528. The zero-order valence-electron chi connectivity index (χ0n) is 15.1. The quantitative estimate of drug-likeness (QED) is 0.382. The maximum atomic E-state index is 6.17. The van der Waals surface area contributed by atoms with Crippen molar-refractivity contribution >= 4 is 45.5 Å². The van der Waals surface area contributed by atoms with Gasteiger partial charge in [-0.05, 0) is 43.2 Å². The number of benzene rings is 2. The van der Waals surface area contributed by atoms with E-state index in [0.29, 0.717) is 22.6 Å². The first kappa shape index (κ1) is 18.9. The van der Waals surface area contributed by atoms with Crippen molar-refractivity contribution in [2.45, 2.75) is 23.9 Å². The lowest BCUT2D eigenvalue weighted by atomic mass is 10.1. The van der Waals surface area contributed by atoms with Gasteiger partial charge in [0.15, 0.2) is 4.34 Å². The molecule has 4 rings (SSSR count). The van der Waals surface area contributed by atoms with Crippen molar-refractivity contribution in [3.05, 3.63) is 64.5 Å². The maximum Gasteiger partial charge on any atom is 0.249 e. The summed E-state index contributed by atoms with van der Waals surface area (Å²) in [4.78, 5) is 0. The fraction of sp³-hybridized carbons (Fsp3) is 0.158. The molecule has 0 fully saturated rings. The summed E-state index contributed by atoms with van der Waals surface area (Å²) in [6, 6.07) is 13.5. The van der Waals surface area contributed by atoms with Crippen LogP contribution in [0.4, 0.5) is 10.8 Å². The van der Waals surface area contributed by atoms with E-state index < -0.39 is 0 Å². The molecule has 4 aromatic rings. The lowest BCUT2D eigenvalue weighted by Gasteiger charge is -2.08. The van der Waals surface area contributed by atoms with E-state index in [2.05, 4.69) is 45.6 Å². The second kappa shape index (κ2) is 8.30. The molecule has 28 heavy (non-hydrogen) atoms. The molecule has 0 unspecified atom stereocenters. The summed E-state index contributed by atoms with van der Waals surface area (Å²) in [5.74, 6) is 1.44. The fourth-order valence-electron chi connectivity index (χ4n) is 2.50. The summed E-state index contributed by atoms with van der Waals surface area (Å²) >= 11 is 9.16. The van der Waals surface area contributed by atoms with Gasteiger partial charge in [0.1, 0.15) is 0 Å². The van der Waals surface area contributed by atoms with Gasteiger partial charge in [-0.25, -0.2) is 0 Å². The monoisotopic (exact) mass is 429 g/mol. The highest BCUT2D eigenvalue weighted by Crippen LogP contribution is 2.32. The molecule has 9 heteroatoms. The van der Waals surface area contributed by atoms with Gasteiger partial charge in [-0.3, -0.25) is 0 Å². The normalized spacial score (nSPS) is 11.0. The van der Waals surface area contributed by atoms with E-state index in [1.807, 2.05) is 30.3 Å². The van der Waals surface area contributed by atoms with Gasteiger partial charge in [0, 0.05) is 5.69 Å². The molecule has 0 aliphatic rings. The third-order valence-electron chi connectivity index (χ3n) is 4.14. The number of anilines is 2. The molecule has 0 spiro atoms. The third kappa shape index (κ3) is 4.19. The molecule has 0 saturated carbocycles. The molecular formula is C19H16ClN5OS2. The number of nitrogens with zero attached hydrogens (tertiary/aromatic N) is 4. The molecule has 0 amide bonds. The first-order valence-electron chi connectivity index (χ1n) is 8.47. The predicted octanol–water partition coefficient (Wildman–Crippen LogP) is 5.89. The van der Waals surface area contributed by atoms with E-state index in [-0.39, 0.29) is 0 Å². The van der Waals surface area contributed by atoms with Crippen LogP contribution in [0.15, 0.2) is 51.2 Å². The Morgan fingerprint density at radius 2 is 1.89 bits per heavy atom. The van der Waals surface area contributed by atoms with Crippen LogP contribution in [0, 0.1) is 13.8 Å². The van der Waals surface area contributed by atoms with Crippen LogP contribution in [0.25, 0.3) is 11.5 Å². The Kier molecular flexibility index (Phi) is 5.61. The van der Waals surface area contributed by atoms with Crippen molar-refractivity contribution in [3.63, 3.8) is 0 Å². The molecule has 0 aliphatic heterocycles. The summed E-state index contributed by atoms with van der Waals surface area (Å²) in [6.07, 6.45) is 0.